The molecule has 0 aromatic heterocycles. The standard InChI is InChI=1S/K.Li.Mn.H3O4P.2H/c;;;1-5(2,3)4;;/h;;;(H3,1,2,3,4);;. The molecule has 0 aromatic carbocycles. The Balaban J connectivity index is -0.0000000267. The Bertz CT molecular complexity index is 62.2. The molecule has 0 heterocycles. The minimum absolute atomic E-state index is 0. The minimum Gasteiger partial charge on any atom is 0 e. The van der Waals surface area contributed by atoms with E-state index >= 15 is 0 Å². The summed E-state index contributed by atoms with van der Waals surface area (Å²) in [5.41, 5.74) is 0. The summed E-state index contributed by atoms with van der Waals surface area (Å²) < 4.78 is 8.88. The van der Waals surface area contributed by atoms with Gasteiger partial charge in [0.05, 0.1) is 0 Å². The van der Waals surface area contributed by atoms with Crippen LogP contribution in [0.4, 0.5) is 0 Å². The Morgan fingerprint density at radius 2 is 1.12 bits per heavy atom. The van der Waals surface area contributed by atoms with Crippen molar-refractivity contribution in [1.29, 1.82) is 0 Å². The van der Waals surface area contributed by atoms with E-state index in [-0.39, 0.29) is 87.3 Å². The van der Waals surface area contributed by atoms with Crippen LogP contribution in [0.15, 0.2) is 0 Å². The van der Waals surface area contributed by atoms with Crippen LogP contribution in [-0.4, -0.2) is 84.9 Å². The smallest absolute Gasteiger partial charge is 0 e. The second kappa shape index (κ2) is 9.86. The van der Waals surface area contributed by atoms with Gasteiger partial charge in [0, 0.05) is 17.1 Å². The second-order valence-corrected chi connectivity index (χ2v) is 1.54. The van der Waals surface area contributed by atoms with Gasteiger partial charge in [-0.1, -0.05) is 0 Å². The van der Waals surface area contributed by atoms with Gasteiger partial charge in [-0.05, 0) is 0 Å². The van der Waals surface area contributed by atoms with Crippen LogP contribution >= 0.6 is 7.82 Å². The zero-order chi connectivity index (χ0) is 4.50. The summed E-state index contributed by atoms with van der Waals surface area (Å²) in [5, 5.41) is 0. The topological polar surface area (TPSA) is 77.8 Å². The number of rotatable bonds is 0. The van der Waals surface area contributed by atoms with Crippen molar-refractivity contribution in [1.82, 2.24) is 0 Å². The molecule has 0 atom stereocenters. The van der Waals surface area contributed by atoms with Crippen molar-refractivity contribution in [2.24, 2.45) is 0 Å². The maximum Gasteiger partial charge on any atom is 0 e. The third-order valence-corrected chi connectivity index (χ3v) is 0. The van der Waals surface area contributed by atoms with E-state index in [1.165, 1.54) is 0 Å². The first kappa shape index (κ1) is 22.4. The Morgan fingerprint density at radius 1 is 1.12 bits per heavy atom. The van der Waals surface area contributed by atoms with Crippen LogP contribution in [0.5, 0.6) is 0 Å². The number of hydrogen-bond acceptors (Lipinski definition) is 1. The summed E-state index contributed by atoms with van der Waals surface area (Å²) in [6, 6.07) is 0. The van der Waals surface area contributed by atoms with Crippen molar-refractivity contribution < 1.29 is 36.3 Å². The van der Waals surface area contributed by atoms with Gasteiger partial charge in [-0.25, -0.2) is 4.57 Å². The molecule has 4 nitrogen and oxygen atoms in total. The van der Waals surface area contributed by atoms with E-state index in [0.717, 1.165) is 0 Å². The summed E-state index contributed by atoms with van der Waals surface area (Å²) in [6.45, 7) is 0. The van der Waals surface area contributed by atoms with Gasteiger partial charge >= 0.3 is 78.1 Å². The Labute approximate surface area is 112 Å². The number of hydrogen-bond donors (Lipinski definition) is 3. The summed E-state index contributed by atoms with van der Waals surface area (Å²) in [7, 11) is -4.64. The molecular formula is H5KLiMnO4P. The molecule has 8 heavy (non-hydrogen) atoms. The number of phosphoric acid groups is 1. The van der Waals surface area contributed by atoms with Crippen LogP contribution in [0, 0.1) is 0 Å². The van der Waals surface area contributed by atoms with Crippen molar-refractivity contribution >= 4 is 78.1 Å². The van der Waals surface area contributed by atoms with Gasteiger partial charge in [0.1, 0.15) is 0 Å². The van der Waals surface area contributed by atoms with Crippen LogP contribution in [0.2, 0.25) is 0 Å². The van der Waals surface area contributed by atoms with E-state index in [1.54, 1.807) is 0 Å². The van der Waals surface area contributed by atoms with Crippen molar-refractivity contribution in [2.45, 2.75) is 0 Å². The summed E-state index contributed by atoms with van der Waals surface area (Å²) in [4.78, 5) is 21.6. The molecule has 0 fully saturated rings. The molecule has 0 aliphatic rings. The Morgan fingerprint density at radius 3 is 1.12 bits per heavy atom. The predicted octanol–water partition coefficient (Wildman–Crippen LogP) is -2.23. The molecule has 0 saturated carbocycles. The van der Waals surface area contributed by atoms with Crippen molar-refractivity contribution in [3.8, 4) is 0 Å². The maximum atomic E-state index is 8.88. The van der Waals surface area contributed by atoms with Gasteiger partial charge in [0.15, 0.2) is 0 Å². The molecule has 0 bridgehead atoms. The average molecular weight is 201 g/mol. The van der Waals surface area contributed by atoms with E-state index in [1.807, 2.05) is 0 Å². The molecule has 0 aliphatic heterocycles. The first-order chi connectivity index (χ1) is 2.00. The van der Waals surface area contributed by atoms with Gasteiger partial charge in [0.2, 0.25) is 0 Å². The molecule has 8 heteroatoms. The van der Waals surface area contributed by atoms with Crippen LogP contribution in [0.25, 0.3) is 0 Å². The van der Waals surface area contributed by atoms with E-state index in [4.69, 9.17) is 19.2 Å². The normalized spacial score (nSPS) is 7.38. The third kappa shape index (κ3) is 66.8. The predicted molar refractivity (Wildman–Crippen MR) is 28.6 cm³/mol. The second-order valence-electron chi connectivity index (χ2n) is 0.513. The monoisotopic (exact) mass is 201 g/mol. The zero-order valence-corrected chi connectivity index (χ0v) is 4.65. The van der Waals surface area contributed by atoms with Crippen molar-refractivity contribution in [3.63, 3.8) is 0 Å². The fourth-order valence-electron chi connectivity index (χ4n) is 0. The van der Waals surface area contributed by atoms with E-state index in [2.05, 4.69) is 0 Å². The van der Waals surface area contributed by atoms with E-state index in [0.29, 0.717) is 0 Å². The molecule has 0 rings (SSSR count). The average Bonchev–Trinajstić information content (AvgIpc) is 0.722. The molecule has 0 spiro atoms. The molecule has 0 amide bonds. The van der Waals surface area contributed by atoms with Crippen LogP contribution in [0.3, 0.4) is 0 Å². The van der Waals surface area contributed by atoms with Gasteiger partial charge in [-0.15, -0.1) is 0 Å². The SMILES string of the molecule is O=P(O)(O)O.[KH].[LiH].[Mn]. The Kier molecular flexibility index (Phi) is 27.7. The maximum absolute atomic E-state index is 8.88. The molecule has 0 saturated heterocycles. The van der Waals surface area contributed by atoms with Crippen LogP contribution < -0.4 is 0 Å². The first-order valence-corrected chi connectivity index (χ1v) is 2.35. The van der Waals surface area contributed by atoms with Gasteiger partial charge in [0.25, 0.3) is 0 Å². The zero-order valence-electron chi connectivity index (χ0n) is 2.58. The van der Waals surface area contributed by atoms with Crippen molar-refractivity contribution in [3.05, 3.63) is 0 Å². The van der Waals surface area contributed by atoms with Gasteiger partial charge in [-0.2, -0.15) is 0 Å². The fraction of sp³-hybridized carbons (Fsp3) is 0. The molecule has 0 aromatic rings. The molecule has 43 valence electrons. The fourth-order valence-corrected chi connectivity index (χ4v) is 0. The molecule has 1 radical (unpaired) electrons. The molecule has 0 unspecified atom stereocenters. The van der Waals surface area contributed by atoms with Gasteiger partial charge < -0.3 is 14.7 Å². The summed E-state index contributed by atoms with van der Waals surface area (Å²) in [6.07, 6.45) is 0. The summed E-state index contributed by atoms with van der Waals surface area (Å²) in [5.74, 6) is 0. The van der Waals surface area contributed by atoms with Crippen molar-refractivity contribution in [2.75, 3.05) is 0 Å². The van der Waals surface area contributed by atoms with E-state index < -0.39 is 7.82 Å². The third-order valence-electron chi connectivity index (χ3n) is 0. The van der Waals surface area contributed by atoms with Gasteiger partial charge in [-0.3, -0.25) is 0 Å². The Hall–Kier alpha value is 2.86. The summed E-state index contributed by atoms with van der Waals surface area (Å²) >= 11 is 0. The van der Waals surface area contributed by atoms with Crippen LogP contribution in [0.1, 0.15) is 0 Å². The molecule has 3 N–H and O–H groups in total. The quantitative estimate of drug-likeness (QED) is 0.306. The van der Waals surface area contributed by atoms with Crippen LogP contribution in [-0.2, 0) is 21.6 Å². The largest absolute Gasteiger partial charge is 0 e. The first-order valence-electron chi connectivity index (χ1n) is 0.783. The molecular weight excluding hydrogens is 196 g/mol. The van der Waals surface area contributed by atoms with E-state index in [9.17, 15) is 0 Å². The minimum atomic E-state index is -4.64. The molecule has 0 aliphatic carbocycles.